The highest BCUT2D eigenvalue weighted by atomic mass is 35.5. The first-order chi connectivity index (χ1) is 15.5. The summed E-state index contributed by atoms with van der Waals surface area (Å²) in [6.45, 7) is -1.05. The van der Waals surface area contributed by atoms with Gasteiger partial charge in [0.05, 0.1) is 34.5 Å². The quantitative estimate of drug-likeness (QED) is 0.571. The van der Waals surface area contributed by atoms with Crippen molar-refractivity contribution < 1.29 is 32.7 Å². The lowest BCUT2D eigenvalue weighted by Gasteiger charge is -2.37. The number of aryl methyl sites for hydroxylation is 1. The predicted molar refractivity (Wildman–Crippen MR) is 112 cm³/mol. The van der Waals surface area contributed by atoms with Crippen molar-refractivity contribution in [2.24, 2.45) is 13.0 Å². The van der Waals surface area contributed by atoms with Crippen LogP contribution >= 0.6 is 11.6 Å². The van der Waals surface area contributed by atoms with Crippen molar-refractivity contribution >= 4 is 46.2 Å². The highest BCUT2D eigenvalue weighted by Crippen LogP contribution is 2.37. The number of alkyl halides is 3. The summed E-state index contributed by atoms with van der Waals surface area (Å²) in [5, 5.41) is 8.89. The van der Waals surface area contributed by atoms with Crippen LogP contribution < -0.4 is 4.90 Å². The van der Waals surface area contributed by atoms with Crippen LogP contribution in [0.25, 0.3) is 11.0 Å². The van der Waals surface area contributed by atoms with E-state index in [0.717, 1.165) is 22.5 Å². The zero-order chi connectivity index (χ0) is 24.1. The Labute approximate surface area is 189 Å². The van der Waals surface area contributed by atoms with Crippen LogP contribution in [-0.2, 0) is 29.4 Å². The van der Waals surface area contributed by atoms with Gasteiger partial charge in [-0.3, -0.25) is 19.4 Å². The largest absolute Gasteiger partial charge is 0.481 e. The molecule has 8 nitrogen and oxygen atoms in total. The van der Waals surface area contributed by atoms with Crippen LogP contribution in [0, 0.1) is 5.92 Å². The lowest BCUT2D eigenvalue weighted by Crippen LogP contribution is -2.58. The number of rotatable bonds is 4. The van der Waals surface area contributed by atoms with E-state index in [2.05, 4.69) is 4.98 Å². The molecule has 172 valence electrons. The average Bonchev–Trinajstić information content (AvgIpc) is 3.11. The number of carbonyl (C=O) groups excluding carboxylic acids is 2. The fourth-order valence-electron chi connectivity index (χ4n) is 3.70. The summed E-state index contributed by atoms with van der Waals surface area (Å²) in [5.41, 5.74) is 0.344. The fraction of sp³-hybridized carbons (Fsp3) is 0.238. The standard InChI is InChI=1S/C21H16ClF3N4O4/c1-27-10-26-15-7-12(5-6-16(15)27)28-9-13(19(31)32)18(30)29(20(28)33)8-11-3-2-4-14(17(11)22)21(23,24)25/h2-7,10,13H,8-9H2,1H3,(H,31,32). The first-order valence-corrected chi connectivity index (χ1v) is 9.98. The van der Waals surface area contributed by atoms with Gasteiger partial charge in [-0.25, -0.2) is 9.78 Å². The van der Waals surface area contributed by atoms with Crippen molar-refractivity contribution in [1.29, 1.82) is 0 Å². The molecule has 1 unspecified atom stereocenters. The van der Waals surface area contributed by atoms with Crippen LogP contribution in [0.1, 0.15) is 11.1 Å². The maximum Gasteiger partial charge on any atom is 0.417 e. The van der Waals surface area contributed by atoms with Crippen LogP contribution in [0.4, 0.5) is 23.7 Å². The van der Waals surface area contributed by atoms with Crippen molar-refractivity contribution in [3.05, 3.63) is 58.9 Å². The number of nitrogens with zero attached hydrogens (tertiary/aromatic N) is 4. The molecule has 0 bridgehead atoms. The van der Waals surface area contributed by atoms with Gasteiger partial charge in [0.1, 0.15) is 0 Å². The third-order valence-electron chi connectivity index (χ3n) is 5.42. The molecule has 0 radical (unpaired) electrons. The normalized spacial score (nSPS) is 17.2. The Hall–Kier alpha value is -3.60. The van der Waals surface area contributed by atoms with Gasteiger partial charge in [0, 0.05) is 19.3 Å². The second kappa shape index (κ2) is 8.07. The fourth-order valence-corrected chi connectivity index (χ4v) is 3.99. The summed E-state index contributed by atoms with van der Waals surface area (Å²) in [4.78, 5) is 43.6. The minimum atomic E-state index is -4.74. The highest BCUT2D eigenvalue weighted by molar-refractivity contribution is 6.32. The monoisotopic (exact) mass is 480 g/mol. The van der Waals surface area contributed by atoms with Gasteiger partial charge in [0.2, 0.25) is 5.91 Å². The second-order valence-corrected chi connectivity index (χ2v) is 7.89. The molecule has 2 aromatic carbocycles. The van der Waals surface area contributed by atoms with E-state index < -0.39 is 53.7 Å². The predicted octanol–water partition coefficient (Wildman–Crippen LogP) is 3.92. The Morgan fingerprint density at radius 2 is 1.97 bits per heavy atom. The van der Waals surface area contributed by atoms with Crippen LogP contribution in [0.3, 0.4) is 0 Å². The molecule has 2 heterocycles. The van der Waals surface area contributed by atoms with Crippen LogP contribution in [0.2, 0.25) is 5.02 Å². The van der Waals surface area contributed by atoms with E-state index in [1.807, 2.05) is 0 Å². The van der Waals surface area contributed by atoms with Gasteiger partial charge >= 0.3 is 18.2 Å². The summed E-state index contributed by atoms with van der Waals surface area (Å²) < 4.78 is 41.4. The first-order valence-electron chi connectivity index (χ1n) is 9.60. The number of amides is 3. The molecule has 1 atom stereocenters. The number of carboxylic acids is 1. The molecule has 0 aliphatic carbocycles. The Morgan fingerprint density at radius 1 is 1.24 bits per heavy atom. The number of anilines is 1. The number of aliphatic carboxylic acids is 1. The number of hydrogen-bond donors (Lipinski definition) is 1. The number of fused-ring (bicyclic) bond motifs is 1. The zero-order valence-electron chi connectivity index (χ0n) is 17.0. The van der Waals surface area contributed by atoms with E-state index in [-0.39, 0.29) is 5.56 Å². The molecular formula is C21H16ClF3N4O4. The smallest absolute Gasteiger partial charge is 0.417 e. The Balaban J connectivity index is 1.73. The third kappa shape index (κ3) is 3.99. The van der Waals surface area contributed by atoms with E-state index in [0.29, 0.717) is 16.1 Å². The van der Waals surface area contributed by atoms with E-state index in [1.165, 1.54) is 6.07 Å². The van der Waals surface area contributed by atoms with Gasteiger partial charge in [-0.1, -0.05) is 23.7 Å². The topological polar surface area (TPSA) is 95.7 Å². The summed E-state index contributed by atoms with van der Waals surface area (Å²) in [6, 6.07) is 7.08. The number of imide groups is 1. The zero-order valence-corrected chi connectivity index (χ0v) is 17.8. The van der Waals surface area contributed by atoms with Crippen molar-refractivity contribution in [1.82, 2.24) is 14.5 Å². The molecule has 1 N–H and O–H groups in total. The molecule has 3 aromatic rings. The molecule has 1 saturated heterocycles. The molecule has 1 aliphatic heterocycles. The molecule has 0 saturated carbocycles. The van der Waals surface area contributed by atoms with Crippen molar-refractivity contribution in [3.63, 3.8) is 0 Å². The van der Waals surface area contributed by atoms with Gasteiger partial charge in [-0.2, -0.15) is 13.2 Å². The average molecular weight is 481 g/mol. The summed E-state index contributed by atoms with van der Waals surface area (Å²) >= 11 is 5.92. The number of aromatic nitrogens is 2. The second-order valence-electron chi connectivity index (χ2n) is 7.51. The van der Waals surface area contributed by atoms with Crippen LogP contribution in [0.15, 0.2) is 42.7 Å². The van der Waals surface area contributed by atoms with Crippen LogP contribution in [0.5, 0.6) is 0 Å². The number of carbonyl (C=O) groups is 3. The van der Waals surface area contributed by atoms with Crippen molar-refractivity contribution in [2.45, 2.75) is 12.7 Å². The minimum Gasteiger partial charge on any atom is -0.481 e. The Bertz CT molecular complexity index is 1290. The number of hydrogen-bond acceptors (Lipinski definition) is 4. The molecule has 12 heteroatoms. The lowest BCUT2D eigenvalue weighted by molar-refractivity contribution is -0.150. The number of benzene rings is 2. The maximum absolute atomic E-state index is 13.2. The van der Waals surface area contributed by atoms with E-state index in [9.17, 15) is 32.7 Å². The molecule has 1 aromatic heterocycles. The highest BCUT2D eigenvalue weighted by Gasteiger charge is 2.44. The molecule has 3 amide bonds. The first kappa shape index (κ1) is 22.6. The minimum absolute atomic E-state index is 0.139. The Morgan fingerprint density at radius 3 is 2.64 bits per heavy atom. The van der Waals surface area contributed by atoms with Gasteiger partial charge in [-0.05, 0) is 29.8 Å². The van der Waals surface area contributed by atoms with Crippen molar-refractivity contribution in [2.75, 3.05) is 11.4 Å². The molecular weight excluding hydrogens is 465 g/mol. The van der Waals surface area contributed by atoms with Gasteiger partial charge in [0.15, 0.2) is 5.92 Å². The molecule has 0 spiro atoms. The third-order valence-corrected chi connectivity index (χ3v) is 5.87. The van der Waals surface area contributed by atoms with E-state index >= 15 is 0 Å². The summed E-state index contributed by atoms with van der Waals surface area (Å²) in [5.74, 6) is -4.10. The maximum atomic E-state index is 13.2. The number of imidazole rings is 1. The van der Waals surface area contributed by atoms with Gasteiger partial charge < -0.3 is 9.67 Å². The molecule has 4 rings (SSSR count). The number of halogens is 4. The number of urea groups is 1. The summed E-state index contributed by atoms with van der Waals surface area (Å²) in [7, 11) is 1.78. The summed E-state index contributed by atoms with van der Waals surface area (Å²) in [6.07, 6.45) is -3.17. The van der Waals surface area contributed by atoms with E-state index in [1.54, 1.807) is 36.1 Å². The molecule has 33 heavy (non-hydrogen) atoms. The number of carboxylic acid groups (broad SMARTS) is 1. The Kier molecular flexibility index (Phi) is 5.52. The van der Waals surface area contributed by atoms with Crippen LogP contribution in [-0.4, -0.2) is 44.0 Å². The molecule has 1 aliphatic rings. The lowest BCUT2D eigenvalue weighted by atomic mass is 10.0. The van der Waals surface area contributed by atoms with E-state index in [4.69, 9.17) is 11.6 Å². The SMILES string of the molecule is Cn1cnc2cc(N3CC(C(=O)O)C(=O)N(Cc4cccc(C(F)(F)F)c4Cl)C3=O)ccc21. The molecule has 1 fully saturated rings. The van der Waals surface area contributed by atoms with Crippen molar-refractivity contribution in [3.8, 4) is 0 Å². The van der Waals surface area contributed by atoms with Gasteiger partial charge in [0.25, 0.3) is 0 Å². The van der Waals surface area contributed by atoms with Gasteiger partial charge in [-0.15, -0.1) is 0 Å².